The van der Waals surface area contributed by atoms with Crippen LogP contribution >= 0.6 is 11.8 Å². The van der Waals surface area contributed by atoms with Crippen LogP contribution in [0.4, 0.5) is 0 Å². The molecule has 0 aliphatic rings. The van der Waals surface area contributed by atoms with Crippen molar-refractivity contribution in [2.45, 2.75) is 11.4 Å². The second kappa shape index (κ2) is 6.64. The van der Waals surface area contributed by atoms with Crippen LogP contribution in [0.15, 0.2) is 70.2 Å². The number of fused-ring (bicyclic) bond motifs is 1. The average molecular weight is 283 g/mol. The Morgan fingerprint density at radius 2 is 1.75 bits per heavy atom. The lowest BCUT2D eigenvalue weighted by Gasteiger charge is -2.03. The van der Waals surface area contributed by atoms with E-state index in [1.165, 1.54) is 15.8 Å². The third-order valence-corrected chi connectivity index (χ3v) is 4.18. The SMILES string of the molecule is c1ccc(SCCNCc2coc3ccccc23)cc1. The van der Waals surface area contributed by atoms with Gasteiger partial charge in [-0.3, -0.25) is 0 Å². The second-order valence-corrected chi connectivity index (χ2v) is 5.76. The van der Waals surface area contributed by atoms with Gasteiger partial charge in [-0.2, -0.15) is 0 Å². The molecule has 2 aromatic carbocycles. The number of nitrogens with one attached hydrogen (secondary N) is 1. The monoisotopic (exact) mass is 283 g/mol. The normalized spacial score (nSPS) is 11.0. The van der Waals surface area contributed by atoms with E-state index in [1.807, 2.05) is 42.3 Å². The molecule has 0 atom stereocenters. The van der Waals surface area contributed by atoms with Crippen molar-refractivity contribution in [3.8, 4) is 0 Å². The van der Waals surface area contributed by atoms with Crippen LogP contribution in [-0.4, -0.2) is 12.3 Å². The van der Waals surface area contributed by atoms with Gasteiger partial charge in [-0.05, 0) is 18.2 Å². The van der Waals surface area contributed by atoms with Crippen molar-refractivity contribution >= 4 is 22.7 Å². The van der Waals surface area contributed by atoms with Crippen LogP contribution in [0, 0.1) is 0 Å². The number of hydrogen-bond acceptors (Lipinski definition) is 3. The van der Waals surface area contributed by atoms with Crippen molar-refractivity contribution < 1.29 is 4.42 Å². The first-order valence-electron chi connectivity index (χ1n) is 6.77. The summed E-state index contributed by atoms with van der Waals surface area (Å²) in [6.07, 6.45) is 1.85. The topological polar surface area (TPSA) is 25.2 Å². The predicted molar refractivity (Wildman–Crippen MR) is 85.1 cm³/mol. The molecule has 2 nitrogen and oxygen atoms in total. The van der Waals surface area contributed by atoms with E-state index in [2.05, 4.69) is 35.6 Å². The number of rotatable bonds is 6. The van der Waals surface area contributed by atoms with E-state index in [4.69, 9.17) is 4.42 Å². The minimum absolute atomic E-state index is 0.854. The van der Waals surface area contributed by atoms with Crippen LogP contribution in [0.2, 0.25) is 0 Å². The maximum atomic E-state index is 5.53. The Kier molecular flexibility index (Phi) is 4.41. The molecular formula is C17H17NOS. The van der Waals surface area contributed by atoms with Crippen molar-refractivity contribution in [3.63, 3.8) is 0 Å². The zero-order valence-electron chi connectivity index (χ0n) is 11.2. The molecule has 0 amide bonds. The van der Waals surface area contributed by atoms with Crippen LogP contribution in [-0.2, 0) is 6.54 Å². The molecule has 0 aliphatic heterocycles. The molecule has 0 fully saturated rings. The minimum Gasteiger partial charge on any atom is -0.464 e. The first kappa shape index (κ1) is 13.3. The first-order valence-corrected chi connectivity index (χ1v) is 7.76. The molecule has 20 heavy (non-hydrogen) atoms. The van der Waals surface area contributed by atoms with Gasteiger partial charge in [0.2, 0.25) is 0 Å². The van der Waals surface area contributed by atoms with E-state index < -0.39 is 0 Å². The summed E-state index contributed by atoms with van der Waals surface area (Å²) in [5.74, 6) is 1.07. The van der Waals surface area contributed by atoms with E-state index in [1.54, 1.807) is 0 Å². The third-order valence-electron chi connectivity index (χ3n) is 3.17. The maximum absolute atomic E-state index is 5.53. The number of benzene rings is 2. The molecular weight excluding hydrogens is 266 g/mol. The van der Waals surface area contributed by atoms with Gasteiger partial charge in [-0.15, -0.1) is 11.8 Å². The van der Waals surface area contributed by atoms with E-state index in [0.29, 0.717) is 0 Å². The molecule has 3 aromatic rings. The number of thioether (sulfide) groups is 1. The van der Waals surface area contributed by atoms with Crippen molar-refractivity contribution in [2.24, 2.45) is 0 Å². The van der Waals surface area contributed by atoms with Gasteiger partial charge in [0.25, 0.3) is 0 Å². The highest BCUT2D eigenvalue weighted by Crippen LogP contribution is 2.20. The average Bonchev–Trinajstić information content (AvgIpc) is 2.91. The summed E-state index contributed by atoms with van der Waals surface area (Å²) >= 11 is 1.88. The van der Waals surface area contributed by atoms with Crippen molar-refractivity contribution in [1.29, 1.82) is 0 Å². The van der Waals surface area contributed by atoms with Crippen molar-refractivity contribution in [3.05, 3.63) is 66.4 Å². The molecule has 0 saturated heterocycles. The second-order valence-electron chi connectivity index (χ2n) is 4.60. The van der Waals surface area contributed by atoms with E-state index in [-0.39, 0.29) is 0 Å². The van der Waals surface area contributed by atoms with Gasteiger partial charge in [0.05, 0.1) is 6.26 Å². The summed E-state index contributed by atoms with van der Waals surface area (Å²) in [5.41, 5.74) is 2.19. The fourth-order valence-corrected chi connectivity index (χ4v) is 2.98. The minimum atomic E-state index is 0.854. The van der Waals surface area contributed by atoms with Crippen LogP contribution in [0.3, 0.4) is 0 Å². The molecule has 0 radical (unpaired) electrons. The van der Waals surface area contributed by atoms with Gasteiger partial charge >= 0.3 is 0 Å². The van der Waals surface area contributed by atoms with Gasteiger partial charge in [0.15, 0.2) is 0 Å². The zero-order chi connectivity index (χ0) is 13.6. The van der Waals surface area contributed by atoms with Gasteiger partial charge in [0, 0.05) is 34.7 Å². The lowest BCUT2D eigenvalue weighted by molar-refractivity contribution is 0.605. The largest absolute Gasteiger partial charge is 0.464 e. The van der Waals surface area contributed by atoms with Gasteiger partial charge in [0.1, 0.15) is 5.58 Å². The Morgan fingerprint density at radius 1 is 0.950 bits per heavy atom. The molecule has 1 heterocycles. The molecule has 0 aliphatic carbocycles. The molecule has 0 spiro atoms. The summed E-state index contributed by atoms with van der Waals surface area (Å²) in [4.78, 5) is 1.32. The Labute approximate surface area is 123 Å². The first-order chi connectivity index (χ1) is 9.93. The molecule has 0 unspecified atom stereocenters. The summed E-state index contributed by atoms with van der Waals surface area (Å²) in [7, 11) is 0. The predicted octanol–water partition coefficient (Wildman–Crippen LogP) is 4.31. The molecule has 1 N–H and O–H groups in total. The summed E-state index contributed by atoms with van der Waals surface area (Å²) in [5, 5.41) is 4.67. The lowest BCUT2D eigenvalue weighted by Crippen LogP contribution is -2.16. The van der Waals surface area contributed by atoms with Crippen LogP contribution in [0.5, 0.6) is 0 Å². The van der Waals surface area contributed by atoms with Gasteiger partial charge in [-0.1, -0.05) is 36.4 Å². The quantitative estimate of drug-likeness (QED) is 0.539. The smallest absolute Gasteiger partial charge is 0.134 e. The fourth-order valence-electron chi connectivity index (χ4n) is 2.15. The van der Waals surface area contributed by atoms with E-state index in [0.717, 1.165) is 24.4 Å². The number of furan rings is 1. The third kappa shape index (κ3) is 3.24. The van der Waals surface area contributed by atoms with Crippen LogP contribution in [0.25, 0.3) is 11.0 Å². The van der Waals surface area contributed by atoms with Crippen LogP contribution in [0.1, 0.15) is 5.56 Å². The summed E-state index contributed by atoms with van der Waals surface area (Å²) in [6.45, 7) is 1.84. The maximum Gasteiger partial charge on any atom is 0.134 e. The Morgan fingerprint density at radius 3 is 2.65 bits per heavy atom. The van der Waals surface area contributed by atoms with E-state index in [9.17, 15) is 0 Å². The molecule has 0 saturated carbocycles. The zero-order valence-corrected chi connectivity index (χ0v) is 12.0. The van der Waals surface area contributed by atoms with Crippen molar-refractivity contribution in [2.75, 3.05) is 12.3 Å². The Balaban J connectivity index is 1.46. The number of para-hydroxylation sites is 1. The van der Waals surface area contributed by atoms with Gasteiger partial charge in [-0.25, -0.2) is 0 Å². The van der Waals surface area contributed by atoms with Gasteiger partial charge < -0.3 is 9.73 Å². The summed E-state index contributed by atoms with van der Waals surface area (Å²) in [6, 6.07) is 18.7. The Hall–Kier alpha value is -1.71. The standard InChI is InChI=1S/C17H17NOS/c1-2-6-15(7-3-1)20-11-10-18-12-14-13-19-17-9-5-4-8-16(14)17/h1-9,13,18H,10-12H2. The highest BCUT2D eigenvalue weighted by atomic mass is 32.2. The number of hydrogen-bond donors (Lipinski definition) is 1. The fraction of sp³-hybridized carbons (Fsp3) is 0.176. The van der Waals surface area contributed by atoms with Crippen LogP contribution < -0.4 is 5.32 Å². The lowest BCUT2D eigenvalue weighted by atomic mass is 10.2. The molecule has 3 heteroatoms. The summed E-state index contributed by atoms with van der Waals surface area (Å²) < 4.78 is 5.53. The molecule has 3 rings (SSSR count). The van der Waals surface area contributed by atoms with E-state index >= 15 is 0 Å². The molecule has 102 valence electrons. The van der Waals surface area contributed by atoms with Crippen molar-refractivity contribution in [1.82, 2.24) is 5.32 Å². The molecule has 1 aromatic heterocycles. The molecule has 0 bridgehead atoms. The Bertz CT molecular complexity index is 663. The highest BCUT2D eigenvalue weighted by Gasteiger charge is 2.03. The highest BCUT2D eigenvalue weighted by molar-refractivity contribution is 7.99.